The first kappa shape index (κ1) is 20.4. The molecular formula is C25H34N2O. The lowest BCUT2D eigenvalue weighted by Crippen LogP contribution is -2.22. The SMILES string of the molecule is C/C=C(/C(=O)C(C)(C)C)c1nc(-c2cccc(C3CCCC3)c2)cnc1CC.[HH]. The highest BCUT2D eigenvalue weighted by molar-refractivity contribution is 6.22. The third kappa shape index (κ3) is 4.24. The van der Waals surface area contributed by atoms with E-state index in [0.717, 1.165) is 29.1 Å². The second-order valence-corrected chi connectivity index (χ2v) is 8.79. The van der Waals surface area contributed by atoms with E-state index in [-0.39, 0.29) is 7.21 Å². The van der Waals surface area contributed by atoms with Crippen LogP contribution >= 0.6 is 0 Å². The number of ketones is 1. The molecule has 1 heterocycles. The minimum absolute atomic E-state index is 0. The zero-order valence-corrected chi connectivity index (χ0v) is 17.9. The molecule has 0 aliphatic heterocycles. The van der Waals surface area contributed by atoms with Gasteiger partial charge in [0.1, 0.15) is 0 Å². The molecule has 1 aliphatic carbocycles. The van der Waals surface area contributed by atoms with E-state index in [2.05, 4.69) is 36.2 Å². The van der Waals surface area contributed by atoms with E-state index < -0.39 is 5.41 Å². The smallest absolute Gasteiger partial charge is 0.170 e. The summed E-state index contributed by atoms with van der Waals surface area (Å²) in [5.41, 5.74) is 5.15. The molecule has 0 bridgehead atoms. The lowest BCUT2D eigenvalue weighted by Gasteiger charge is -2.20. The van der Waals surface area contributed by atoms with Crippen molar-refractivity contribution in [2.24, 2.45) is 5.41 Å². The Labute approximate surface area is 170 Å². The number of nitrogens with zero attached hydrogens (tertiary/aromatic N) is 2. The summed E-state index contributed by atoms with van der Waals surface area (Å²) in [6, 6.07) is 8.71. The van der Waals surface area contributed by atoms with E-state index in [4.69, 9.17) is 4.98 Å². The van der Waals surface area contributed by atoms with Gasteiger partial charge in [0.15, 0.2) is 5.78 Å². The van der Waals surface area contributed by atoms with E-state index in [1.54, 1.807) is 0 Å². The standard InChI is InChI=1S/C25H32N2O.H2/c1-6-20(24(28)25(3,4)5)23-21(7-2)26-16-22(27-23)19-14-10-13-18(15-19)17-11-8-9-12-17;/h6,10,13-17H,7-9,11-12H2,1-5H3;1H/b20-6+;. The average Bonchev–Trinajstić information content (AvgIpc) is 3.23. The first-order valence-electron chi connectivity index (χ1n) is 10.5. The van der Waals surface area contributed by atoms with Gasteiger partial charge in [0.05, 0.1) is 23.3 Å². The molecule has 0 amide bonds. The van der Waals surface area contributed by atoms with Crippen LogP contribution in [0.25, 0.3) is 16.8 Å². The number of rotatable bonds is 5. The molecule has 1 aliphatic rings. The first-order chi connectivity index (χ1) is 13.3. The van der Waals surface area contributed by atoms with Crippen molar-refractivity contribution in [3.63, 3.8) is 0 Å². The van der Waals surface area contributed by atoms with Gasteiger partial charge >= 0.3 is 0 Å². The maximum absolute atomic E-state index is 13.0. The molecule has 150 valence electrons. The van der Waals surface area contributed by atoms with Crippen LogP contribution in [0.1, 0.15) is 84.6 Å². The molecule has 2 aromatic rings. The van der Waals surface area contributed by atoms with Gasteiger partial charge in [-0.3, -0.25) is 9.78 Å². The van der Waals surface area contributed by atoms with E-state index in [0.29, 0.717) is 11.5 Å². The van der Waals surface area contributed by atoms with Gasteiger partial charge in [-0.1, -0.05) is 64.8 Å². The van der Waals surface area contributed by atoms with E-state index in [1.165, 1.54) is 31.2 Å². The predicted octanol–water partition coefficient (Wildman–Crippen LogP) is 6.63. The van der Waals surface area contributed by atoms with Gasteiger partial charge in [0.25, 0.3) is 0 Å². The van der Waals surface area contributed by atoms with Gasteiger partial charge in [-0.2, -0.15) is 0 Å². The van der Waals surface area contributed by atoms with Gasteiger partial charge in [-0.05, 0) is 43.7 Å². The number of carbonyl (C=O) groups excluding carboxylic acids is 1. The van der Waals surface area contributed by atoms with Crippen LogP contribution in [0.3, 0.4) is 0 Å². The van der Waals surface area contributed by atoms with Crippen LogP contribution in [-0.4, -0.2) is 15.8 Å². The van der Waals surface area contributed by atoms with Crippen LogP contribution in [0.2, 0.25) is 0 Å². The number of hydrogen-bond donors (Lipinski definition) is 0. The molecule has 0 N–H and O–H groups in total. The minimum Gasteiger partial charge on any atom is -0.294 e. The Kier molecular flexibility index (Phi) is 6.12. The molecule has 28 heavy (non-hydrogen) atoms. The largest absolute Gasteiger partial charge is 0.294 e. The lowest BCUT2D eigenvalue weighted by atomic mass is 9.84. The van der Waals surface area contributed by atoms with Crippen LogP contribution in [-0.2, 0) is 11.2 Å². The summed E-state index contributed by atoms with van der Waals surface area (Å²) < 4.78 is 0. The number of benzene rings is 1. The highest BCUT2D eigenvalue weighted by Crippen LogP contribution is 2.36. The Morgan fingerprint density at radius 1 is 1.25 bits per heavy atom. The van der Waals surface area contributed by atoms with E-state index in [1.807, 2.05) is 40.0 Å². The summed E-state index contributed by atoms with van der Waals surface area (Å²) in [5.74, 6) is 0.770. The van der Waals surface area contributed by atoms with Crippen molar-refractivity contribution in [1.29, 1.82) is 0 Å². The molecular weight excluding hydrogens is 344 g/mol. The van der Waals surface area contributed by atoms with Gasteiger partial charge in [-0.15, -0.1) is 0 Å². The predicted molar refractivity (Wildman–Crippen MR) is 118 cm³/mol. The minimum atomic E-state index is -0.451. The molecule has 1 aromatic carbocycles. The number of allylic oxidation sites excluding steroid dienone is 2. The topological polar surface area (TPSA) is 42.9 Å². The van der Waals surface area contributed by atoms with Crippen molar-refractivity contribution in [2.45, 2.75) is 72.6 Å². The van der Waals surface area contributed by atoms with Crippen LogP contribution in [0, 0.1) is 5.41 Å². The molecule has 0 unspecified atom stereocenters. The van der Waals surface area contributed by atoms with Gasteiger partial charge in [-0.25, -0.2) is 4.98 Å². The first-order valence-corrected chi connectivity index (χ1v) is 10.5. The number of aromatic nitrogens is 2. The van der Waals surface area contributed by atoms with Crippen molar-refractivity contribution in [1.82, 2.24) is 9.97 Å². The highest BCUT2D eigenvalue weighted by Gasteiger charge is 2.28. The van der Waals surface area contributed by atoms with Crippen LogP contribution in [0.5, 0.6) is 0 Å². The Bertz CT molecular complexity index is 890. The fourth-order valence-corrected chi connectivity index (χ4v) is 4.02. The molecule has 0 radical (unpaired) electrons. The monoisotopic (exact) mass is 378 g/mol. The number of carbonyl (C=O) groups is 1. The number of hydrogen-bond acceptors (Lipinski definition) is 3. The van der Waals surface area contributed by atoms with Crippen molar-refractivity contribution in [2.75, 3.05) is 0 Å². The Morgan fingerprint density at radius 2 is 1.96 bits per heavy atom. The van der Waals surface area contributed by atoms with Crippen molar-refractivity contribution in [3.8, 4) is 11.3 Å². The summed E-state index contributed by atoms with van der Waals surface area (Å²) >= 11 is 0. The molecule has 0 saturated heterocycles. The lowest BCUT2D eigenvalue weighted by molar-refractivity contribution is -0.120. The van der Waals surface area contributed by atoms with Crippen molar-refractivity contribution in [3.05, 3.63) is 53.5 Å². The summed E-state index contributed by atoms with van der Waals surface area (Å²) in [7, 11) is 0. The van der Waals surface area contributed by atoms with Crippen LogP contribution in [0.4, 0.5) is 0 Å². The maximum Gasteiger partial charge on any atom is 0.170 e. The van der Waals surface area contributed by atoms with Crippen LogP contribution in [0.15, 0.2) is 36.5 Å². The zero-order valence-electron chi connectivity index (χ0n) is 17.9. The maximum atomic E-state index is 13.0. The summed E-state index contributed by atoms with van der Waals surface area (Å²) in [4.78, 5) is 22.6. The van der Waals surface area contributed by atoms with Crippen LogP contribution < -0.4 is 0 Å². The second kappa shape index (κ2) is 8.38. The molecule has 1 fully saturated rings. The average molecular weight is 379 g/mol. The summed E-state index contributed by atoms with van der Waals surface area (Å²) in [5, 5.41) is 0. The Balaban J connectivity index is 0.00000300. The third-order valence-corrected chi connectivity index (χ3v) is 5.66. The molecule has 0 spiro atoms. The normalized spacial score (nSPS) is 15.8. The Hall–Kier alpha value is -2.29. The molecule has 1 saturated carbocycles. The van der Waals surface area contributed by atoms with Gasteiger partial charge in [0.2, 0.25) is 0 Å². The fraction of sp³-hybridized carbons (Fsp3) is 0.480. The zero-order chi connectivity index (χ0) is 20.3. The van der Waals surface area contributed by atoms with E-state index >= 15 is 0 Å². The number of Topliss-reactive ketones (excluding diaryl/α,β-unsaturated/α-hetero) is 1. The summed E-state index contributed by atoms with van der Waals surface area (Å²) in [6.45, 7) is 9.82. The van der Waals surface area contributed by atoms with Crippen molar-refractivity contribution >= 4 is 11.4 Å². The molecule has 3 rings (SSSR count). The molecule has 1 aromatic heterocycles. The Morgan fingerprint density at radius 3 is 2.57 bits per heavy atom. The fourth-order valence-electron chi connectivity index (χ4n) is 4.02. The quantitative estimate of drug-likeness (QED) is 0.548. The molecule has 0 atom stereocenters. The van der Waals surface area contributed by atoms with Gasteiger partial charge in [0, 0.05) is 18.0 Å². The van der Waals surface area contributed by atoms with Gasteiger partial charge < -0.3 is 0 Å². The third-order valence-electron chi connectivity index (χ3n) is 5.66. The molecule has 3 nitrogen and oxygen atoms in total. The molecule has 3 heteroatoms. The summed E-state index contributed by atoms with van der Waals surface area (Å²) in [6.07, 6.45) is 9.68. The number of aryl methyl sites for hydroxylation is 1. The van der Waals surface area contributed by atoms with E-state index in [9.17, 15) is 4.79 Å². The van der Waals surface area contributed by atoms with Crippen molar-refractivity contribution < 1.29 is 6.22 Å². The highest BCUT2D eigenvalue weighted by atomic mass is 16.1. The second-order valence-electron chi connectivity index (χ2n) is 8.79.